The molecule has 2 rings (SSSR count). The summed E-state index contributed by atoms with van der Waals surface area (Å²) in [6, 6.07) is 9.47. The third-order valence-corrected chi connectivity index (χ3v) is 2.95. The predicted molar refractivity (Wildman–Crippen MR) is 84.0 cm³/mol. The number of pyridine rings is 1. The Morgan fingerprint density at radius 1 is 1.29 bits per heavy atom. The molecule has 5 nitrogen and oxygen atoms in total. The minimum atomic E-state index is 0.529. The number of para-hydroxylation sites is 1. The lowest BCUT2D eigenvalue weighted by atomic mass is 10.1. The molecule has 108 valence electrons. The van der Waals surface area contributed by atoms with Gasteiger partial charge in [-0.15, -0.1) is 0 Å². The van der Waals surface area contributed by atoms with Gasteiger partial charge in [0.15, 0.2) is 0 Å². The highest BCUT2D eigenvalue weighted by Gasteiger charge is 2.09. The number of anilines is 3. The fraction of sp³-hybridized carbons (Fsp3) is 0.250. The minimum absolute atomic E-state index is 0.529. The van der Waals surface area contributed by atoms with Crippen molar-refractivity contribution in [3.63, 3.8) is 0 Å². The molecule has 0 atom stereocenters. The Kier molecular flexibility index (Phi) is 4.99. The van der Waals surface area contributed by atoms with E-state index < -0.39 is 0 Å². The molecular weight excluding hydrogens is 264 g/mol. The molecule has 0 saturated heterocycles. The van der Waals surface area contributed by atoms with Crippen molar-refractivity contribution in [1.29, 1.82) is 5.26 Å². The average Bonchev–Trinajstić information content (AvgIpc) is 2.53. The van der Waals surface area contributed by atoms with E-state index in [4.69, 9.17) is 4.74 Å². The van der Waals surface area contributed by atoms with Gasteiger partial charge in [0.1, 0.15) is 11.8 Å². The highest BCUT2D eigenvalue weighted by atomic mass is 16.5. The number of benzene rings is 1. The van der Waals surface area contributed by atoms with Gasteiger partial charge in [-0.1, -0.05) is 13.0 Å². The van der Waals surface area contributed by atoms with Crippen molar-refractivity contribution in [3.8, 4) is 11.8 Å². The topological polar surface area (TPSA) is 70.0 Å². The lowest BCUT2D eigenvalue weighted by Crippen LogP contribution is -2.02. The van der Waals surface area contributed by atoms with E-state index in [2.05, 4.69) is 28.6 Å². The molecule has 0 amide bonds. The number of hydrogen-bond acceptors (Lipinski definition) is 5. The first-order valence-electron chi connectivity index (χ1n) is 6.81. The molecule has 1 aromatic carbocycles. The van der Waals surface area contributed by atoms with Crippen molar-refractivity contribution in [3.05, 3.63) is 42.2 Å². The van der Waals surface area contributed by atoms with Crippen LogP contribution in [0.5, 0.6) is 5.75 Å². The van der Waals surface area contributed by atoms with Crippen LogP contribution in [0.4, 0.5) is 17.1 Å². The Morgan fingerprint density at radius 2 is 2.10 bits per heavy atom. The summed E-state index contributed by atoms with van der Waals surface area (Å²) in [6.45, 7) is 3.00. The number of aromatic nitrogens is 1. The molecule has 0 saturated carbocycles. The number of rotatable bonds is 6. The molecule has 0 aliphatic carbocycles. The van der Waals surface area contributed by atoms with E-state index in [1.54, 1.807) is 31.6 Å². The van der Waals surface area contributed by atoms with Crippen LogP contribution in [0.25, 0.3) is 0 Å². The first kappa shape index (κ1) is 14.7. The van der Waals surface area contributed by atoms with E-state index in [-0.39, 0.29) is 0 Å². The highest BCUT2D eigenvalue weighted by Crippen LogP contribution is 2.31. The van der Waals surface area contributed by atoms with E-state index >= 15 is 0 Å². The van der Waals surface area contributed by atoms with Gasteiger partial charge in [-0.3, -0.25) is 4.98 Å². The minimum Gasteiger partial charge on any atom is -0.495 e. The second kappa shape index (κ2) is 7.15. The molecule has 0 aliphatic heterocycles. The van der Waals surface area contributed by atoms with Gasteiger partial charge in [-0.25, -0.2) is 0 Å². The zero-order valence-electron chi connectivity index (χ0n) is 12.2. The van der Waals surface area contributed by atoms with Gasteiger partial charge in [-0.2, -0.15) is 5.26 Å². The highest BCUT2D eigenvalue weighted by molar-refractivity contribution is 5.73. The smallest absolute Gasteiger partial charge is 0.143 e. The molecule has 1 aromatic heterocycles. The van der Waals surface area contributed by atoms with Crippen molar-refractivity contribution >= 4 is 17.1 Å². The number of methoxy groups -OCH3 is 1. The molecule has 2 aromatic rings. The van der Waals surface area contributed by atoms with Crippen LogP contribution in [-0.2, 0) is 0 Å². The van der Waals surface area contributed by atoms with Gasteiger partial charge < -0.3 is 15.4 Å². The number of hydrogen-bond donors (Lipinski definition) is 2. The van der Waals surface area contributed by atoms with Crippen LogP contribution in [0.1, 0.15) is 18.9 Å². The largest absolute Gasteiger partial charge is 0.495 e. The van der Waals surface area contributed by atoms with Crippen LogP contribution < -0.4 is 15.4 Å². The van der Waals surface area contributed by atoms with Crippen molar-refractivity contribution in [2.24, 2.45) is 0 Å². The second-order valence-corrected chi connectivity index (χ2v) is 4.51. The summed E-state index contributed by atoms with van der Waals surface area (Å²) in [5, 5.41) is 15.7. The quantitative estimate of drug-likeness (QED) is 0.848. The molecule has 1 heterocycles. The molecule has 5 heteroatoms. The molecule has 2 N–H and O–H groups in total. The summed E-state index contributed by atoms with van der Waals surface area (Å²) in [6.07, 6.45) is 4.53. The molecule has 0 aliphatic rings. The van der Waals surface area contributed by atoms with E-state index in [1.165, 1.54) is 0 Å². The van der Waals surface area contributed by atoms with Crippen molar-refractivity contribution in [1.82, 2.24) is 4.98 Å². The zero-order valence-corrected chi connectivity index (χ0v) is 12.2. The SMILES string of the molecule is CCCNc1cncc(Nc2c(C#N)cccc2OC)c1. The number of nitrogens with one attached hydrogen (secondary N) is 2. The van der Waals surface area contributed by atoms with E-state index in [9.17, 15) is 5.26 Å². The molecule has 0 unspecified atom stereocenters. The number of ether oxygens (including phenoxy) is 1. The molecule has 0 fully saturated rings. The number of nitrogens with zero attached hydrogens (tertiary/aromatic N) is 2. The maximum Gasteiger partial charge on any atom is 0.143 e. The summed E-state index contributed by atoms with van der Waals surface area (Å²) in [4.78, 5) is 4.20. The van der Waals surface area contributed by atoms with Crippen molar-refractivity contribution < 1.29 is 4.74 Å². The molecule has 0 bridgehead atoms. The van der Waals surface area contributed by atoms with Crippen LogP contribution in [0.3, 0.4) is 0 Å². The Balaban J connectivity index is 2.28. The monoisotopic (exact) mass is 282 g/mol. The van der Waals surface area contributed by atoms with Gasteiger partial charge in [0.05, 0.1) is 42.1 Å². The summed E-state index contributed by atoms with van der Waals surface area (Å²) in [7, 11) is 1.58. The van der Waals surface area contributed by atoms with Crippen LogP contribution in [0.2, 0.25) is 0 Å². The first-order valence-corrected chi connectivity index (χ1v) is 6.81. The van der Waals surface area contributed by atoms with Gasteiger partial charge in [-0.05, 0) is 24.6 Å². The fourth-order valence-corrected chi connectivity index (χ4v) is 1.94. The van der Waals surface area contributed by atoms with Crippen LogP contribution in [0.15, 0.2) is 36.7 Å². The van der Waals surface area contributed by atoms with Crippen LogP contribution in [-0.4, -0.2) is 18.6 Å². The first-order chi connectivity index (χ1) is 10.3. The Bertz CT molecular complexity index is 649. The fourth-order valence-electron chi connectivity index (χ4n) is 1.94. The Hall–Kier alpha value is -2.74. The molecule has 0 spiro atoms. The van der Waals surface area contributed by atoms with E-state index in [0.29, 0.717) is 17.0 Å². The Labute approximate surface area is 124 Å². The maximum absolute atomic E-state index is 9.21. The second-order valence-electron chi connectivity index (χ2n) is 4.51. The Morgan fingerprint density at radius 3 is 2.81 bits per heavy atom. The van der Waals surface area contributed by atoms with E-state index in [0.717, 1.165) is 24.3 Å². The van der Waals surface area contributed by atoms with Gasteiger partial charge in [0.2, 0.25) is 0 Å². The summed E-state index contributed by atoms with van der Waals surface area (Å²) in [5.41, 5.74) is 2.92. The number of nitriles is 1. The summed E-state index contributed by atoms with van der Waals surface area (Å²) in [5.74, 6) is 0.626. The van der Waals surface area contributed by atoms with Crippen molar-refractivity contribution in [2.75, 3.05) is 24.3 Å². The molecule has 0 radical (unpaired) electrons. The lowest BCUT2D eigenvalue weighted by Gasteiger charge is -2.13. The third-order valence-electron chi connectivity index (χ3n) is 2.95. The van der Waals surface area contributed by atoms with Crippen LogP contribution in [0, 0.1) is 11.3 Å². The van der Waals surface area contributed by atoms with Gasteiger partial charge in [0, 0.05) is 6.54 Å². The average molecular weight is 282 g/mol. The lowest BCUT2D eigenvalue weighted by molar-refractivity contribution is 0.416. The predicted octanol–water partition coefficient (Wildman–Crippen LogP) is 3.53. The van der Waals surface area contributed by atoms with Crippen molar-refractivity contribution in [2.45, 2.75) is 13.3 Å². The van der Waals surface area contributed by atoms with Gasteiger partial charge in [0.25, 0.3) is 0 Å². The van der Waals surface area contributed by atoms with Crippen LogP contribution >= 0.6 is 0 Å². The maximum atomic E-state index is 9.21. The normalized spacial score (nSPS) is 9.76. The standard InChI is InChI=1S/C16H18N4O/c1-3-7-19-13-8-14(11-18-10-13)20-16-12(9-17)5-4-6-15(16)21-2/h4-6,8,10-11,19-20H,3,7H2,1-2H3. The third kappa shape index (κ3) is 3.63. The summed E-state index contributed by atoms with van der Waals surface area (Å²) >= 11 is 0. The van der Waals surface area contributed by atoms with E-state index in [1.807, 2.05) is 12.1 Å². The molecular formula is C16H18N4O. The summed E-state index contributed by atoms with van der Waals surface area (Å²) < 4.78 is 5.31. The van der Waals surface area contributed by atoms with Gasteiger partial charge >= 0.3 is 0 Å². The molecule has 21 heavy (non-hydrogen) atoms. The zero-order chi connectivity index (χ0) is 15.1.